The Balaban J connectivity index is 2.41. The van der Waals surface area contributed by atoms with Crippen LogP contribution in [0.25, 0.3) is 0 Å². The van der Waals surface area contributed by atoms with Crippen molar-refractivity contribution in [3.63, 3.8) is 0 Å². The van der Waals surface area contributed by atoms with Crippen LogP contribution in [0.4, 0.5) is 11.4 Å². The normalized spacial score (nSPS) is 11.1. The summed E-state index contributed by atoms with van der Waals surface area (Å²) >= 11 is 0. The molecular weight excluding hydrogens is 320 g/mol. The molecule has 0 unspecified atom stereocenters. The second kappa shape index (κ2) is 6.29. The molecule has 2 N–H and O–H groups in total. The maximum absolute atomic E-state index is 12.5. The summed E-state index contributed by atoms with van der Waals surface area (Å²) in [5, 5.41) is 6.62. The van der Waals surface area contributed by atoms with Crippen molar-refractivity contribution in [3.05, 3.63) is 30.1 Å². The molecule has 1 heterocycles. The molecule has 0 aliphatic rings. The zero-order valence-electron chi connectivity index (χ0n) is 13.2. The number of anilines is 2. The largest absolute Gasteiger partial charge is 0.495 e. The molecule has 0 radical (unpaired) electrons. The number of nitrogens with zero attached hydrogens (tertiary/aromatic N) is 2. The molecule has 0 aliphatic carbocycles. The van der Waals surface area contributed by atoms with E-state index in [1.165, 1.54) is 31.0 Å². The van der Waals surface area contributed by atoms with Gasteiger partial charge in [0, 0.05) is 25.9 Å². The molecule has 1 amide bonds. The van der Waals surface area contributed by atoms with Gasteiger partial charge in [-0.15, -0.1) is 0 Å². The highest BCUT2D eigenvalue weighted by Crippen LogP contribution is 2.30. The molecule has 0 saturated carbocycles. The molecule has 2 aromatic rings. The highest BCUT2D eigenvalue weighted by Gasteiger charge is 2.21. The molecule has 9 heteroatoms. The van der Waals surface area contributed by atoms with Gasteiger partial charge in [-0.25, -0.2) is 8.42 Å². The number of hydrogen-bond donors (Lipinski definition) is 2. The molecule has 0 aliphatic heterocycles. The van der Waals surface area contributed by atoms with Crippen LogP contribution in [0.5, 0.6) is 5.75 Å². The summed E-state index contributed by atoms with van der Waals surface area (Å²) in [7, 11) is -0.753. The van der Waals surface area contributed by atoms with Crippen LogP contribution in [0, 0.1) is 6.92 Å². The fraction of sp³-hybridized carbons (Fsp3) is 0.286. The molecule has 0 atom stereocenters. The lowest BCUT2D eigenvalue weighted by Crippen LogP contribution is -2.15. The second-order valence-electron chi connectivity index (χ2n) is 4.95. The van der Waals surface area contributed by atoms with Crippen molar-refractivity contribution in [2.75, 3.05) is 17.1 Å². The quantitative estimate of drug-likeness (QED) is 0.860. The van der Waals surface area contributed by atoms with Crippen molar-refractivity contribution in [1.82, 2.24) is 9.78 Å². The summed E-state index contributed by atoms with van der Waals surface area (Å²) in [4.78, 5) is 11.2. The zero-order chi connectivity index (χ0) is 17.2. The van der Waals surface area contributed by atoms with Gasteiger partial charge in [0.1, 0.15) is 10.6 Å². The van der Waals surface area contributed by atoms with Crippen molar-refractivity contribution < 1.29 is 17.9 Å². The number of carbonyl (C=O) groups excluding carboxylic acids is 1. The van der Waals surface area contributed by atoms with E-state index in [9.17, 15) is 13.2 Å². The number of rotatable bonds is 5. The number of sulfonamides is 1. The maximum atomic E-state index is 12.5. The lowest BCUT2D eigenvalue weighted by Gasteiger charge is -2.13. The van der Waals surface area contributed by atoms with Crippen LogP contribution in [0.15, 0.2) is 29.3 Å². The first-order valence-electron chi connectivity index (χ1n) is 6.71. The third-order valence-electron chi connectivity index (χ3n) is 3.02. The van der Waals surface area contributed by atoms with E-state index < -0.39 is 10.0 Å². The Kier molecular flexibility index (Phi) is 4.60. The predicted molar refractivity (Wildman–Crippen MR) is 86.1 cm³/mol. The number of amides is 1. The molecule has 0 fully saturated rings. The standard InChI is InChI=1S/C14H18N4O4S/c1-9-14(8-18(3)16-9)23(20,21)17-12-7-11(15-10(2)19)5-6-13(12)22-4/h5-8,17H,1-4H3,(H,15,19). The predicted octanol–water partition coefficient (Wildman–Crippen LogP) is 1.50. The molecule has 1 aromatic carbocycles. The number of benzene rings is 1. The zero-order valence-corrected chi connectivity index (χ0v) is 14.1. The Morgan fingerprint density at radius 1 is 1.35 bits per heavy atom. The summed E-state index contributed by atoms with van der Waals surface area (Å²) in [6.07, 6.45) is 1.42. The third-order valence-corrected chi connectivity index (χ3v) is 4.49. The monoisotopic (exact) mass is 338 g/mol. The second-order valence-corrected chi connectivity index (χ2v) is 6.61. The van der Waals surface area contributed by atoms with E-state index >= 15 is 0 Å². The van der Waals surface area contributed by atoms with E-state index in [0.29, 0.717) is 17.1 Å². The van der Waals surface area contributed by atoms with Crippen molar-refractivity contribution in [2.45, 2.75) is 18.7 Å². The van der Waals surface area contributed by atoms with Gasteiger partial charge in [0.25, 0.3) is 10.0 Å². The third kappa shape index (κ3) is 3.81. The number of methoxy groups -OCH3 is 1. The van der Waals surface area contributed by atoms with Gasteiger partial charge in [-0.2, -0.15) is 5.10 Å². The minimum Gasteiger partial charge on any atom is -0.495 e. The smallest absolute Gasteiger partial charge is 0.265 e. The van der Waals surface area contributed by atoms with Gasteiger partial charge in [-0.3, -0.25) is 14.2 Å². The van der Waals surface area contributed by atoms with Crippen molar-refractivity contribution in [3.8, 4) is 5.75 Å². The molecule has 0 spiro atoms. The summed E-state index contributed by atoms with van der Waals surface area (Å²) < 4.78 is 34.1. The van der Waals surface area contributed by atoms with Gasteiger partial charge in [0.15, 0.2) is 0 Å². The van der Waals surface area contributed by atoms with Gasteiger partial charge >= 0.3 is 0 Å². The van der Waals surface area contributed by atoms with Crippen LogP contribution in [0.1, 0.15) is 12.6 Å². The number of nitrogens with one attached hydrogen (secondary N) is 2. The van der Waals surface area contributed by atoms with E-state index in [0.717, 1.165) is 0 Å². The maximum Gasteiger partial charge on any atom is 0.265 e. The topological polar surface area (TPSA) is 102 Å². The minimum absolute atomic E-state index is 0.0759. The Morgan fingerprint density at radius 3 is 2.57 bits per heavy atom. The SMILES string of the molecule is COc1ccc(NC(C)=O)cc1NS(=O)(=O)c1cn(C)nc1C. The number of ether oxygens (including phenoxy) is 1. The minimum atomic E-state index is -3.83. The van der Waals surface area contributed by atoms with Crippen LogP contribution in [0.2, 0.25) is 0 Å². The lowest BCUT2D eigenvalue weighted by molar-refractivity contribution is -0.114. The average Bonchev–Trinajstić information content (AvgIpc) is 2.78. The first kappa shape index (κ1) is 16.8. The number of aromatic nitrogens is 2. The van der Waals surface area contributed by atoms with Gasteiger partial charge < -0.3 is 10.1 Å². The Bertz CT molecular complexity index is 842. The Morgan fingerprint density at radius 2 is 2.04 bits per heavy atom. The van der Waals surface area contributed by atoms with E-state index in [2.05, 4.69) is 15.1 Å². The van der Waals surface area contributed by atoms with Crippen LogP contribution in [-0.2, 0) is 21.9 Å². The summed E-state index contributed by atoms with van der Waals surface area (Å²) in [5.41, 5.74) is 1.07. The fourth-order valence-corrected chi connectivity index (χ4v) is 3.39. The first-order valence-corrected chi connectivity index (χ1v) is 8.20. The molecule has 1 aromatic heterocycles. The first-order chi connectivity index (χ1) is 10.7. The van der Waals surface area contributed by atoms with E-state index in [-0.39, 0.29) is 16.5 Å². The number of carbonyl (C=O) groups is 1. The van der Waals surface area contributed by atoms with Crippen LogP contribution < -0.4 is 14.8 Å². The van der Waals surface area contributed by atoms with Gasteiger partial charge in [0.2, 0.25) is 5.91 Å². The van der Waals surface area contributed by atoms with Crippen LogP contribution in [0.3, 0.4) is 0 Å². The Labute approximate surface area is 134 Å². The van der Waals surface area contributed by atoms with E-state index in [1.807, 2.05) is 0 Å². The highest BCUT2D eigenvalue weighted by atomic mass is 32.2. The van der Waals surface area contributed by atoms with Gasteiger partial charge in [0.05, 0.1) is 18.5 Å². The molecular formula is C14H18N4O4S. The van der Waals surface area contributed by atoms with Gasteiger partial charge in [-0.1, -0.05) is 0 Å². The van der Waals surface area contributed by atoms with Crippen LogP contribution in [-0.4, -0.2) is 31.2 Å². The van der Waals surface area contributed by atoms with E-state index in [4.69, 9.17) is 4.74 Å². The number of hydrogen-bond acceptors (Lipinski definition) is 5. The molecule has 0 saturated heterocycles. The molecule has 2 rings (SSSR count). The average molecular weight is 338 g/mol. The molecule has 0 bridgehead atoms. The lowest BCUT2D eigenvalue weighted by atomic mass is 10.2. The van der Waals surface area contributed by atoms with Crippen molar-refractivity contribution in [2.24, 2.45) is 7.05 Å². The summed E-state index contributed by atoms with van der Waals surface area (Å²) in [6.45, 7) is 2.98. The van der Waals surface area contributed by atoms with E-state index in [1.54, 1.807) is 26.1 Å². The molecule has 8 nitrogen and oxygen atoms in total. The fourth-order valence-electron chi connectivity index (χ4n) is 2.11. The van der Waals surface area contributed by atoms with Crippen LogP contribution >= 0.6 is 0 Å². The van der Waals surface area contributed by atoms with Gasteiger partial charge in [-0.05, 0) is 25.1 Å². The Hall–Kier alpha value is -2.55. The molecule has 23 heavy (non-hydrogen) atoms. The molecule has 124 valence electrons. The number of aryl methyl sites for hydroxylation is 2. The van der Waals surface area contributed by atoms with Crippen molar-refractivity contribution >= 4 is 27.3 Å². The summed E-state index contributed by atoms with van der Waals surface area (Å²) in [6, 6.07) is 4.68. The summed E-state index contributed by atoms with van der Waals surface area (Å²) in [5.74, 6) is 0.0799. The van der Waals surface area contributed by atoms with Crippen molar-refractivity contribution in [1.29, 1.82) is 0 Å². The highest BCUT2D eigenvalue weighted by molar-refractivity contribution is 7.92.